The topological polar surface area (TPSA) is 46.2 Å². The average molecular weight is 358 g/mol. The molecule has 106 valence electrons. The molecule has 2 aromatic carbocycles. The molecule has 0 unspecified atom stereocenters. The Hall–Kier alpha value is -1.40. The van der Waals surface area contributed by atoms with Crippen LogP contribution >= 0.6 is 15.9 Å². The van der Waals surface area contributed by atoms with Gasteiger partial charge < -0.3 is 0 Å². The van der Waals surface area contributed by atoms with Crippen molar-refractivity contribution in [1.29, 1.82) is 0 Å². The highest BCUT2D eigenvalue weighted by molar-refractivity contribution is 9.10. The van der Waals surface area contributed by atoms with Gasteiger partial charge >= 0.3 is 0 Å². The van der Waals surface area contributed by atoms with Crippen LogP contribution in [0.25, 0.3) is 0 Å². The van der Waals surface area contributed by atoms with Crippen LogP contribution in [0.15, 0.2) is 53.0 Å². The van der Waals surface area contributed by atoms with E-state index in [-0.39, 0.29) is 11.4 Å². The van der Waals surface area contributed by atoms with Crippen LogP contribution in [0.5, 0.6) is 0 Å². The lowest BCUT2D eigenvalue weighted by Crippen LogP contribution is -2.18. The summed E-state index contributed by atoms with van der Waals surface area (Å²) in [4.78, 5) is 0. The Balaban J connectivity index is 2.04. The predicted molar refractivity (Wildman–Crippen MR) is 81.7 cm³/mol. The van der Waals surface area contributed by atoms with Gasteiger partial charge in [0.15, 0.2) is 0 Å². The molecule has 0 saturated carbocycles. The SMILES string of the molecule is O=S(=O)(CCc1ccccc1)Nc1ccc(Br)cc1F. The van der Waals surface area contributed by atoms with Crippen LogP contribution < -0.4 is 4.72 Å². The molecule has 0 fully saturated rings. The molecule has 2 aromatic rings. The lowest BCUT2D eigenvalue weighted by Gasteiger charge is -2.09. The van der Waals surface area contributed by atoms with Gasteiger partial charge in [-0.2, -0.15) is 0 Å². The number of benzene rings is 2. The molecule has 0 aromatic heterocycles. The van der Waals surface area contributed by atoms with E-state index < -0.39 is 15.8 Å². The van der Waals surface area contributed by atoms with Crippen LogP contribution in [0.4, 0.5) is 10.1 Å². The van der Waals surface area contributed by atoms with Gasteiger partial charge in [0.1, 0.15) is 5.82 Å². The fourth-order valence-electron chi connectivity index (χ4n) is 1.69. The summed E-state index contributed by atoms with van der Waals surface area (Å²) in [5.41, 5.74) is 0.885. The van der Waals surface area contributed by atoms with E-state index >= 15 is 0 Å². The molecule has 0 atom stereocenters. The number of nitrogens with one attached hydrogen (secondary N) is 1. The summed E-state index contributed by atoms with van der Waals surface area (Å²) in [6, 6.07) is 13.5. The zero-order valence-corrected chi connectivity index (χ0v) is 12.9. The molecule has 6 heteroatoms. The van der Waals surface area contributed by atoms with Crippen molar-refractivity contribution in [2.45, 2.75) is 6.42 Å². The third kappa shape index (κ3) is 4.31. The summed E-state index contributed by atoms with van der Waals surface area (Å²) in [6.07, 6.45) is 0.383. The second kappa shape index (κ2) is 6.37. The maximum Gasteiger partial charge on any atom is 0.233 e. The summed E-state index contributed by atoms with van der Waals surface area (Å²) in [6.45, 7) is 0. The molecule has 2 rings (SSSR count). The molecule has 0 aliphatic rings. The van der Waals surface area contributed by atoms with E-state index in [1.165, 1.54) is 12.1 Å². The van der Waals surface area contributed by atoms with Gasteiger partial charge in [-0.1, -0.05) is 46.3 Å². The van der Waals surface area contributed by atoms with Crippen LogP contribution in [0.1, 0.15) is 5.56 Å². The van der Waals surface area contributed by atoms with Crippen molar-refractivity contribution in [3.63, 3.8) is 0 Å². The Bertz CT molecular complexity index is 690. The van der Waals surface area contributed by atoms with Crippen molar-refractivity contribution in [2.75, 3.05) is 10.5 Å². The van der Waals surface area contributed by atoms with Crippen molar-refractivity contribution in [2.24, 2.45) is 0 Å². The number of aryl methyl sites for hydroxylation is 1. The highest BCUT2D eigenvalue weighted by Crippen LogP contribution is 2.20. The minimum Gasteiger partial charge on any atom is -0.281 e. The van der Waals surface area contributed by atoms with Gasteiger partial charge in [0.25, 0.3) is 0 Å². The molecule has 0 spiro atoms. The first-order valence-electron chi connectivity index (χ1n) is 5.96. The number of anilines is 1. The van der Waals surface area contributed by atoms with Gasteiger partial charge in [-0.05, 0) is 30.2 Å². The molecule has 3 nitrogen and oxygen atoms in total. The fourth-order valence-corrected chi connectivity index (χ4v) is 3.13. The standard InChI is InChI=1S/C14H13BrFNO2S/c15-12-6-7-14(13(16)10-12)17-20(18,19)9-8-11-4-2-1-3-5-11/h1-7,10,17H,8-9H2. The first kappa shape index (κ1) is 15.0. The fraction of sp³-hybridized carbons (Fsp3) is 0.143. The minimum atomic E-state index is -3.57. The first-order valence-corrected chi connectivity index (χ1v) is 8.40. The Morgan fingerprint density at radius 2 is 1.80 bits per heavy atom. The zero-order chi connectivity index (χ0) is 14.6. The minimum absolute atomic E-state index is 0.0405. The van der Waals surface area contributed by atoms with Gasteiger partial charge in [0.2, 0.25) is 10.0 Å². The molecule has 0 aliphatic heterocycles. The predicted octanol–water partition coefficient (Wildman–Crippen LogP) is 3.57. The van der Waals surface area contributed by atoms with Gasteiger partial charge in [-0.3, -0.25) is 4.72 Å². The lowest BCUT2D eigenvalue weighted by atomic mass is 10.2. The number of halogens is 2. The highest BCUT2D eigenvalue weighted by Gasteiger charge is 2.13. The van der Waals surface area contributed by atoms with Crippen molar-refractivity contribution in [1.82, 2.24) is 0 Å². The Labute approximate surface area is 126 Å². The van der Waals surface area contributed by atoms with Crippen LogP contribution in [0.2, 0.25) is 0 Å². The zero-order valence-electron chi connectivity index (χ0n) is 10.5. The monoisotopic (exact) mass is 357 g/mol. The Morgan fingerprint density at radius 3 is 2.45 bits per heavy atom. The average Bonchev–Trinajstić information content (AvgIpc) is 2.41. The maximum absolute atomic E-state index is 13.6. The van der Waals surface area contributed by atoms with Crippen LogP contribution in [0.3, 0.4) is 0 Å². The van der Waals surface area contributed by atoms with E-state index in [0.717, 1.165) is 5.56 Å². The summed E-state index contributed by atoms with van der Waals surface area (Å²) in [5, 5.41) is 0. The third-order valence-electron chi connectivity index (χ3n) is 2.70. The smallest absolute Gasteiger partial charge is 0.233 e. The molecule has 0 saturated heterocycles. The molecular weight excluding hydrogens is 345 g/mol. The van der Waals surface area contributed by atoms with Crippen molar-refractivity contribution in [3.05, 3.63) is 64.4 Å². The Kier molecular flexibility index (Phi) is 4.77. The molecule has 20 heavy (non-hydrogen) atoms. The van der Waals surface area contributed by atoms with E-state index in [2.05, 4.69) is 20.7 Å². The first-order chi connectivity index (χ1) is 9.46. The summed E-state index contributed by atoms with van der Waals surface area (Å²) < 4.78 is 40.2. The van der Waals surface area contributed by atoms with Crippen LogP contribution in [-0.4, -0.2) is 14.2 Å². The molecule has 0 heterocycles. The quantitative estimate of drug-likeness (QED) is 0.888. The normalized spacial score (nSPS) is 11.3. The van der Waals surface area contributed by atoms with E-state index in [0.29, 0.717) is 10.9 Å². The van der Waals surface area contributed by atoms with Gasteiger partial charge in [0, 0.05) is 4.47 Å². The van der Waals surface area contributed by atoms with E-state index in [9.17, 15) is 12.8 Å². The van der Waals surface area contributed by atoms with Crippen molar-refractivity contribution < 1.29 is 12.8 Å². The number of hydrogen-bond donors (Lipinski definition) is 1. The maximum atomic E-state index is 13.6. The Morgan fingerprint density at radius 1 is 1.10 bits per heavy atom. The van der Waals surface area contributed by atoms with E-state index in [1.54, 1.807) is 6.07 Å². The largest absolute Gasteiger partial charge is 0.281 e. The molecule has 0 amide bonds. The summed E-state index contributed by atoms with van der Waals surface area (Å²) in [5.74, 6) is -0.699. The molecule has 0 aliphatic carbocycles. The van der Waals surface area contributed by atoms with Gasteiger partial charge in [0.05, 0.1) is 11.4 Å². The summed E-state index contributed by atoms with van der Waals surface area (Å²) >= 11 is 3.12. The van der Waals surface area contributed by atoms with E-state index in [1.807, 2.05) is 30.3 Å². The molecule has 0 bridgehead atoms. The molecular formula is C14H13BrFNO2S. The highest BCUT2D eigenvalue weighted by atomic mass is 79.9. The van der Waals surface area contributed by atoms with Crippen LogP contribution in [-0.2, 0) is 16.4 Å². The second-order valence-corrected chi connectivity index (χ2v) is 7.04. The second-order valence-electron chi connectivity index (χ2n) is 4.28. The van der Waals surface area contributed by atoms with Crippen molar-refractivity contribution in [3.8, 4) is 0 Å². The van der Waals surface area contributed by atoms with Crippen molar-refractivity contribution >= 4 is 31.6 Å². The van der Waals surface area contributed by atoms with Gasteiger partial charge in [-0.15, -0.1) is 0 Å². The lowest BCUT2D eigenvalue weighted by molar-refractivity contribution is 0.597. The number of sulfonamides is 1. The molecule has 1 N–H and O–H groups in total. The molecule has 0 radical (unpaired) electrons. The third-order valence-corrected chi connectivity index (χ3v) is 4.46. The number of hydrogen-bond acceptors (Lipinski definition) is 2. The number of rotatable bonds is 5. The summed E-state index contributed by atoms with van der Waals surface area (Å²) in [7, 11) is -3.57. The van der Waals surface area contributed by atoms with Gasteiger partial charge in [-0.25, -0.2) is 12.8 Å². The van der Waals surface area contributed by atoms with E-state index in [4.69, 9.17) is 0 Å². The van der Waals surface area contributed by atoms with Crippen LogP contribution in [0, 0.1) is 5.82 Å².